The van der Waals surface area contributed by atoms with Crippen molar-refractivity contribution in [1.29, 1.82) is 0 Å². The van der Waals surface area contributed by atoms with Crippen LogP contribution in [0.5, 0.6) is 0 Å². The zero-order valence-corrected chi connectivity index (χ0v) is 27.1. The van der Waals surface area contributed by atoms with Crippen molar-refractivity contribution in [3.05, 3.63) is 41.9 Å². The fourth-order valence-corrected chi connectivity index (χ4v) is 15.4. The molecule has 0 unspecified atom stereocenters. The van der Waals surface area contributed by atoms with Gasteiger partial charge in [-0.05, 0) is 48.7 Å². The second-order valence-corrected chi connectivity index (χ2v) is 20.5. The monoisotopic (exact) mass is 583 g/mol. The second-order valence-electron chi connectivity index (χ2n) is 12.8. The van der Waals surface area contributed by atoms with E-state index in [-0.39, 0.29) is 12.0 Å². The standard InChI is InChI=1S/C29H45N7O2SSi/c1-19(2)40(20(3)4,21(5)6)36-14-11-24-28(32-18-33-29(24)36)35-16-25-26(15-22(35)7)30-17-31-27(25)23-9-12-34(13-10-23)39(8,37)38/h11,14,17-23H,9-10,12-13,15-16H2,1-8H3/t22-/m1/s1. The normalized spacial score (nSPS) is 19.8. The van der Waals surface area contributed by atoms with E-state index in [1.54, 1.807) is 17.0 Å². The summed E-state index contributed by atoms with van der Waals surface area (Å²) >= 11 is 0. The highest BCUT2D eigenvalue weighted by molar-refractivity contribution is 7.88. The third-order valence-electron chi connectivity index (χ3n) is 9.65. The minimum atomic E-state index is -3.17. The predicted molar refractivity (Wildman–Crippen MR) is 164 cm³/mol. The van der Waals surface area contributed by atoms with E-state index in [1.807, 2.05) is 0 Å². The van der Waals surface area contributed by atoms with Gasteiger partial charge in [-0.25, -0.2) is 32.7 Å². The van der Waals surface area contributed by atoms with Crippen LogP contribution in [-0.2, 0) is 23.0 Å². The van der Waals surface area contributed by atoms with Gasteiger partial charge in [0.25, 0.3) is 0 Å². The summed E-state index contributed by atoms with van der Waals surface area (Å²) in [6, 6.07) is 2.46. The lowest BCUT2D eigenvalue weighted by molar-refractivity contribution is 0.317. The van der Waals surface area contributed by atoms with E-state index in [0.717, 1.165) is 47.5 Å². The molecule has 0 aromatic carbocycles. The van der Waals surface area contributed by atoms with Crippen molar-refractivity contribution in [1.82, 2.24) is 28.5 Å². The van der Waals surface area contributed by atoms with Gasteiger partial charge < -0.3 is 9.13 Å². The average molecular weight is 584 g/mol. The SMILES string of the molecule is CC(C)[Si](C(C)C)(C(C)C)n1ccc2c(N3Cc4c(ncnc4C4CCN(S(C)(=O)=O)CC4)C[C@H]3C)ncnc21. The maximum atomic E-state index is 12.1. The fourth-order valence-electron chi connectivity index (χ4n) is 7.94. The molecule has 5 rings (SSSR count). The molecule has 9 nitrogen and oxygen atoms in total. The van der Waals surface area contributed by atoms with Crippen molar-refractivity contribution < 1.29 is 8.42 Å². The molecule has 0 spiro atoms. The summed E-state index contributed by atoms with van der Waals surface area (Å²) in [5, 5.41) is 1.11. The zero-order chi connectivity index (χ0) is 29.0. The highest BCUT2D eigenvalue weighted by Gasteiger charge is 2.46. The number of sulfonamides is 1. The number of nitrogens with zero attached hydrogens (tertiary/aromatic N) is 7. The van der Waals surface area contributed by atoms with E-state index >= 15 is 0 Å². The van der Waals surface area contributed by atoms with Gasteiger partial charge in [0.1, 0.15) is 24.1 Å². The Morgan fingerprint density at radius 3 is 2.15 bits per heavy atom. The summed E-state index contributed by atoms with van der Waals surface area (Å²) < 4.78 is 28.3. The lowest BCUT2D eigenvalue weighted by Crippen LogP contribution is -2.51. The third kappa shape index (κ3) is 4.77. The molecule has 1 atom stereocenters. The van der Waals surface area contributed by atoms with E-state index in [9.17, 15) is 8.42 Å². The van der Waals surface area contributed by atoms with Crippen LogP contribution in [0.2, 0.25) is 16.6 Å². The molecule has 3 aromatic rings. The van der Waals surface area contributed by atoms with Gasteiger partial charge in [0.2, 0.25) is 10.0 Å². The number of rotatable bonds is 7. The first-order valence-corrected chi connectivity index (χ1v) is 18.8. The molecule has 0 amide bonds. The van der Waals surface area contributed by atoms with Gasteiger partial charge in [0, 0.05) is 43.6 Å². The molecule has 3 aromatic heterocycles. The predicted octanol–water partition coefficient (Wildman–Crippen LogP) is 5.34. The molecule has 2 aliphatic rings. The largest absolute Gasteiger partial charge is 0.358 e. The number of fused-ring (bicyclic) bond motifs is 2. The number of anilines is 1. The Morgan fingerprint density at radius 1 is 0.925 bits per heavy atom. The van der Waals surface area contributed by atoms with Gasteiger partial charge in [-0.1, -0.05) is 41.5 Å². The van der Waals surface area contributed by atoms with Gasteiger partial charge in [0.15, 0.2) is 8.24 Å². The van der Waals surface area contributed by atoms with Crippen molar-refractivity contribution in [2.24, 2.45) is 0 Å². The number of aromatic nitrogens is 5. The topological polar surface area (TPSA) is 97.1 Å². The summed E-state index contributed by atoms with van der Waals surface area (Å²) in [5.74, 6) is 1.20. The van der Waals surface area contributed by atoms with Crippen LogP contribution < -0.4 is 4.90 Å². The van der Waals surface area contributed by atoms with Crippen LogP contribution in [0.3, 0.4) is 0 Å². The first-order chi connectivity index (χ1) is 18.9. The smallest absolute Gasteiger partial charge is 0.211 e. The van der Waals surface area contributed by atoms with E-state index in [2.05, 4.69) is 74.8 Å². The molecule has 0 saturated carbocycles. The molecule has 2 aliphatic heterocycles. The van der Waals surface area contributed by atoms with Crippen molar-refractivity contribution in [3.8, 4) is 0 Å². The Hall–Kier alpha value is -2.37. The molecule has 0 aliphatic carbocycles. The lowest BCUT2D eigenvalue weighted by Gasteiger charge is -2.44. The first-order valence-electron chi connectivity index (χ1n) is 14.7. The zero-order valence-electron chi connectivity index (χ0n) is 25.3. The van der Waals surface area contributed by atoms with Crippen molar-refractivity contribution in [3.63, 3.8) is 0 Å². The molecule has 1 saturated heterocycles. The molecule has 0 radical (unpaired) electrons. The van der Waals surface area contributed by atoms with Crippen LogP contribution in [0.15, 0.2) is 24.9 Å². The minimum absolute atomic E-state index is 0.228. The van der Waals surface area contributed by atoms with E-state index in [1.165, 1.54) is 11.8 Å². The quantitative estimate of drug-likeness (QED) is 0.347. The summed E-state index contributed by atoms with van der Waals surface area (Å²) in [4.78, 5) is 21.6. The van der Waals surface area contributed by atoms with Gasteiger partial charge in [-0.3, -0.25) is 0 Å². The lowest BCUT2D eigenvalue weighted by atomic mass is 9.88. The maximum absolute atomic E-state index is 12.1. The number of hydrogen-bond acceptors (Lipinski definition) is 7. The molecule has 5 heterocycles. The number of hydrogen-bond donors (Lipinski definition) is 0. The summed E-state index contributed by atoms with van der Waals surface area (Å²) in [6.07, 6.45) is 9.38. The molecule has 40 heavy (non-hydrogen) atoms. The van der Waals surface area contributed by atoms with Crippen LogP contribution >= 0.6 is 0 Å². The summed E-state index contributed by atoms with van der Waals surface area (Å²) in [7, 11) is -5.14. The molecule has 1 fully saturated rings. The van der Waals surface area contributed by atoms with E-state index in [4.69, 9.17) is 15.0 Å². The van der Waals surface area contributed by atoms with Gasteiger partial charge >= 0.3 is 0 Å². The van der Waals surface area contributed by atoms with Crippen LogP contribution in [-0.4, -0.2) is 70.5 Å². The molecule has 11 heteroatoms. The maximum Gasteiger partial charge on any atom is 0.211 e. The average Bonchev–Trinajstić information content (AvgIpc) is 3.32. The highest BCUT2D eigenvalue weighted by Crippen LogP contribution is 2.45. The van der Waals surface area contributed by atoms with Gasteiger partial charge in [-0.15, -0.1) is 0 Å². The Labute approximate surface area is 240 Å². The first kappa shape index (κ1) is 29.1. The minimum Gasteiger partial charge on any atom is -0.358 e. The Balaban J connectivity index is 1.53. The number of piperidine rings is 1. The second kappa shape index (κ2) is 10.8. The van der Waals surface area contributed by atoms with Crippen LogP contribution in [0.1, 0.15) is 84.2 Å². The Bertz CT molecular complexity index is 1460. The van der Waals surface area contributed by atoms with Crippen LogP contribution in [0.25, 0.3) is 11.0 Å². The molecule has 0 N–H and O–H groups in total. The Kier molecular flexibility index (Phi) is 7.86. The molecular weight excluding hydrogens is 539 g/mol. The summed E-state index contributed by atoms with van der Waals surface area (Å²) in [5.41, 5.74) is 6.10. The molecule has 218 valence electrons. The van der Waals surface area contributed by atoms with E-state index < -0.39 is 18.3 Å². The summed E-state index contributed by atoms with van der Waals surface area (Å²) in [6.45, 7) is 18.3. The van der Waals surface area contributed by atoms with Crippen molar-refractivity contribution in [2.45, 2.75) is 103 Å². The molecular formula is C29H45N7O2SSi. The van der Waals surface area contributed by atoms with Crippen LogP contribution in [0, 0.1) is 0 Å². The van der Waals surface area contributed by atoms with Crippen molar-refractivity contribution in [2.75, 3.05) is 24.2 Å². The van der Waals surface area contributed by atoms with Gasteiger partial charge in [0.05, 0.1) is 23.0 Å². The van der Waals surface area contributed by atoms with Crippen molar-refractivity contribution >= 4 is 35.1 Å². The fraction of sp³-hybridized carbons (Fsp3) is 0.655. The Morgan fingerprint density at radius 2 is 1.55 bits per heavy atom. The molecule has 0 bridgehead atoms. The van der Waals surface area contributed by atoms with Gasteiger partial charge in [-0.2, -0.15) is 0 Å². The third-order valence-corrected chi connectivity index (χ3v) is 17.7. The highest BCUT2D eigenvalue weighted by atomic mass is 32.2. The van der Waals surface area contributed by atoms with E-state index in [0.29, 0.717) is 36.3 Å². The van der Waals surface area contributed by atoms with Crippen LogP contribution in [0.4, 0.5) is 5.82 Å².